The molecule has 3 heterocycles. The second kappa shape index (κ2) is 6.44. The van der Waals surface area contributed by atoms with Gasteiger partial charge in [0.1, 0.15) is 0 Å². The first-order valence-corrected chi connectivity index (χ1v) is 8.75. The first kappa shape index (κ1) is 16.0. The Balaban J connectivity index is 1.55. The number of nitrogens with zero attached hydrogens (tertiary/aromatic N) is 5. The van der Waals surface area contributed by atoms with Crippen molar-refractivity contribution in [3.05, 3.63) is 53.2 Å². The molecule has 25 heavy (non-hydrogen) atoms. The van der Waals surface area contributed by atoms with Gasteiger partial charge in [-0.05, 0) is 45.4 Å². The van der Waals surface area contributed by atoms with Crippen LogP contribution in [0.15, 0.2) is 34.7 Å². The molecule has 1 fully saturated rings. The van der Waals surface area contributed by atoms with E-state index in [-0.39, 0.29) is 0 Å². The highest BCUT2D eigenvalue weighted by atomic mass is 16.4. The highest BCUT2D eigenvalue weighted by Crippen LogP contribution is 2.36. The summed E-state index contributed by atoms with van der Waals surface area (Å²) in [7, 11) is 2.01. The molecule has 1 saturated heterocycles. The van der Waals surface area contributed by atoms with Gasteiger partial charge in [-0.15, -0.1) is 10.2 Å². The highest BCUT2D eigenvalue weighted by molar-refractivity contribution is 5.51. The molecule has 1 aliphatic heterocycles. The van der Waals surface area contributed by atoms with Crippen LogP contribution in [0.25, 0.3) is 11.5 Å². The maximum atomic E-state index is 5.90. The van der Waals surface area contributed by atoms with Crippen molar-refractivity contribution < 1.29 is 4.42 Å². The normalized spacial score (nSPS) is 18.1. The molecule has 1 aliphatic rings. The number of benzene rings is 1. The monoisotopic (exact) mass is 337 g/mol. The summed E-state index contributed by atoms with van der Waals surface area (Å²) in [5, 5.41) is 13.0. The number of aryl methyl sites for hydroxylation is 2. The molecular formula is C19H23N5O. The van der Waals surface area contributed by atoms with Gasteiger partial charge in [-0.1, -0.05) is 18.2 Å². The van der Waals surface area contributed by atoms with Crippen LogP contribution >= 0.6 is 0 Å². The van der Waals surface area contributed by atoms with Gasteiger partial charge in [0.2, 0.25) is 11.8 Å². The zero-order chi connectivity index (χ0) is 17.4. The van der Waals surface area contributed by atoms with Gasteiger partial charge in [-0.2, -0.15) is 5.10 Å². The summed E-state index contributed by atoms with van der Waals surface area (Å²) in [6.07, 6.45) is 2.32. The van der Waals surface area contributed by atoms with E-state index in [9.17, 15) is 0 Å². The van der Waals surface area contributed by atoms with Crippen LogP contribution in [0.3, 0.4) is 0 Å². The Bertz CT molecular complexity index is 867. The number of aromatic nitrogens is 4. The van der Waals surface area contributed by atoms with E-state index in [4.69, 9.17) is 4.42 Å². The second-order valence-electron chi connectivity index (χ2n) is 6.70. The molecule has 0 aliphatic carbocycles. The minimum absolute atomic E-state index is 0.376. The Morgan fingerprint density at radius 1 is 1.16 bits per heavy atom. The zero-order valence-electron chi connectivity index (χ0n) is 14.9. The fourth-order valence-corrected chi connectivity index (χ4v) is 3.80. The van der Waals surface area contributed by atoms with Crippen LogP contribution in [0.4, 0.5) is 0 Å². The van der Waals surface area contributed by atoms with Gasteiger partial charge in [0.25, 0.3) is 0 Å². The predicted octanol–water partition coefficient (Wildman–Crippen LogP) is 3.42. The van der Waals surface area contributed by atoms with E-state index in [1.165, 1.54) is 17.7 Å². The fourth-order valence-electron chi connectivity index (χ4n) is 3.80. The largest absolute Gasteiger partial charge is 0.419 e. The van der Waals surface area contributed by atoms with Gasteiger partial charge < -0.3 is 4.42 Å². The Kier molecular flexibility index (Phi) is 4.13. The second-order valence-corrected chi connectivity index (χ2v) is 6.70. The van der Waals surface area contributed by atoms with E-state index in [2.05, 4.69) is 34.0 Å². The topological polar surface area (TPSA) is 60.0 Å². The Morgan fingerprint density at radius 2 is 1.96 bits per heavy atom. The molecule has 1 atom stereocenters. The molecule has 0 spiro atoms. The average Bonchev–Trinajstić information content (AvgIpc) is 3.31. The van der Waals surface area contributed by atoms with Crippen LogP contribution in [0.2, 0.25) is 0 Å². The van der Waals surface area contributed by atoms with Crippen molar-refractivity contribution in [2.45, 2.75) is 39.3 Å². The third-order valence-corrected chi connectivity index (χ3v) is 5.09. The Hall–Kier alpha value is -2.47. The van der Waals surface area contributed by atoms with E-state index < -0.39 is 0 Å². The van der Waals surface area contributed by atoms with Gasteiger partial charge in [-0.25, -0.2) is 0 Å². The number of rotatable bonds is 4. The SMILES string of the molecule is Cc1nn(C)c(C)c1C1CCCN1Cc1nnc(-c2ccccc2)o1. The molecule has 6 nitrogen and oxygen atoms in total. The standard InChI is InChI=1S/C19H23N5O/c1-13-18(14(2)23(3)22-13)16-10-7-11-24(16)12-17-20-21-19(25-17)15-8-5-4-6-9-15/h4-6,8-9,16H,7,10-12H2,1-3H3. The van der Waals surface area contributed by atoms with E-state index in [1.807, 2.05) is 42.1 Å². The number of likely N-dealkylation sites (tertiary alicyclic amines) is 1. The van der Waals surface area contributed by atoms with Crippen molar-refractivity contribution in [3.8, 4) is 11.5 Å². The number of hydrogen-bond donors (Lipinski definition) is 0. The quantitative estimate of drug-likeness (QED) is 0.730. The lowest BCUT2D eigenvalue weighted by Crippen LogP contribution is -2.23. The van der Waals surface area contributed by atoms with Crippen molar-refractivity contribution in [2.24, 2.45) is 7.05 Å². The Morgan fingerprint density at radius 3 is 2.68 bits per heavy atom. The molecule has 130 valence electrons. The van der Waals surface area contributed by atoms with E-state index in [0.717, 1.165) is 24.2 Å². The summed E-state index contributed by atoms with van der Waals surface area (Å²) in [4.78, 5) is 2.43. The van der Waals surface area contributed by atoms with Crippen LogP contribution in [-0.2, 0) is 13.6 Å². The first-order chi connectivity index (χ1) is 12.1. The smallest absolute Gasteiger partial charge is 0.247 e. The molecule has 3 aromatic rings. The zero-order valence-corrected chi connectivity index (χ0v) is 14.9. The molecule has 0 amide bonds. The molecule has 0 saturated carbocycles. The van der Waals surface area contributed by atoms with E-state index in [0.29, 0.717) is 24.4 Å². The summed E-state index contributed by atoms with van der Waals surface area (Å²) in [5.74, 6) is 1.25. The molecular weight excluding hydrogens is 314 g/mol. The lowest BCUT2D eigenvalue weighted by atomic mass is 10.0. The van der Waals surface area contributed by atoms with E-state index in [1.54, 1.807) is 0 Å². The van der Waals surface area contributed by atoms with Gasteiger partial charge in [0.05, 0.1) is 12.2 Å². The Labute approximate surface area is 147 Å². The van der Waals surface area contributed by atoms with Crippen molar-refractivity contribution in [1.82, 2.24) is 24.9 Å². The summed E-state index contributed by atoms with van der Waals surface area (Å²) < 4.78 is 7.87. The molecule has 2 aromatic heterocycles. The third kappa shape index (κ3) is 2.98. The van der Waals surface area contributed by atoms with Crippen LogP contribution < -0.4 is 0 Å². The molecule has 4 rings (SSSR count). The van der Waals surface area contributed by atoms with E-state index >= 15 is 0 Å². The summed E-state index contributed by atoms with van der Waals surface area (Å²) in [5.41, 5.74) is 4.67. The van der Waals surface area contributed by atoms with Crippen LogP contribution in [0.1, 0.15) is 41.7 Å². The highest BCUT2D eigenvalue weighted by Gasteiger charge is 2.31. The molecule has 0 bridgehead atoms. The molecule has 1 aromatic carbocycles. The summed E-state index contributed by atoms with van der Waals surface area (Å²) in [6.45, 7) is 5.96. The predicted molar refractivity (Wildman–Crippen MR) is 94.8 cm³/mol. The van der Waals surface area contributed by atoms with Gasteiger partial charge in [0, 0.05) is 29.9 Å². The van der Waals surface area contributed by atoms with Gasteiger partial charge in [0.15, 0.2) is 0 Å². The van der Waals surface area contributed by atoms with Crippen molar-refractivity contribution in [3.63, 3.8) is 0 Å². The minimum Gasteiger partial charge on any atom is -0.419 e. The number of hydrogen-bond acceptors (Lipinski definition) is 5. The molecule has 1 unspecified atom stereocenters. The maximum Gasteiger partial charge on any atom is 0.247 e. The van der Waals surface area contributed by atoms with Crippen LogP contribution in [0.5, 0.6) is 0 Å². The van der Waals surface area contributed by atoms with Crippen molar-refractivity contribution in [2.75, 3.05) is 6.54 Å². The first-order valence-electron chi connectivity index (χ1n) is 8.75. The molecule has 0 radical (unpaired) electrons. The lowest BCUT2D eigenvalue weighted by molar-refractivity contribution is 0.223. The van der Waals surface area contributed by atoms with Crippen molar-refractivity contribution >= 4 is 0 Å². The third-order valence-electron chi connectivity index (χ3n) is 5.09. The minimum atomic E-state index is 0.376. The van der Waals surface area contributed by atoms with Crippen molar-refractivity contribution in [1.29, 1.82) is 0 Å². The molecule has 6 heteroatoms. The molecule has 0 N–H and O–H groups in total. The van der Waals surface area contributed by atoms with Gasteiger partial charge in [-0.3, -0.25) is 9.58 Å². The summed E-state index contributed by atoms with van der Waals surface area (Å²) in [6, 6.07) is 10.3. The summed E-state index contributed by atoms with van der Waals surface area (Å²) >= 11 is 0. The van der Waals surface area contributed by atoms with Gasteiger partial charge >= 0.3 is 0 Å². The maximum absolute atomic E-state index is 5.90. The lowest BCUT2D eigenvalue weighted by Gasteiger charge is -2.23. The van der Waals surface area contributed by atoms with Crippen LogP contribution in [0, 0.1) is 13.8 Å². The average molecular weight is 337 g/mol. The van der Waals surface area contributed by atoms with Crippen LogP contribution in [-0.4, -0.2) is 31.4 Å². The fraction of sp³-hybridized carbons (Fsp3) is 0.421.